The normalized spacial score (nSPS) is 8.75. The van der Waals surface area contributed by atoms with Gasteiger partial charge in [-0.1, -0.05) is 78.8 Å². The van der Waals surface area contributed by atoms with E-state index in [4.69, 9.17) is 25.7 Å². The Morgan fingerprint density at radius 3 is 1.27 bits per heavy atom. The lowest BCUT2D eigenvalue weighted by molar-refractivity contribution is -0.118. The van der Waals surface area contributed by atoms with Crippen molar-refractivity contribution in [1.82, 2.24) is 0 Å². The molecule has 5 rings (SSSR count). The number of amides is 5. The van der Waals surface area contributed by atoms with Gasteiger partial charge in [-0.2, -0.15) is 25.0 Å². The Morgan fingerprint density at radius 1 is 0.438 bits per heavy atom. The van der Waals surface area contributed by atoms with Crippen molar-refractivity contribution in [3.8, 4) is 49.4 Å². The third-order valence-electron chi connectivity index (χ3n) is 8.47. The first kappa shape index (κ1) is 62.2. The molecule has 0 bridgehead atoms. The van der Waals surface area contributed by atoms with Gasteiger partial charge in [0.2, 0.25) is 0 Å². The number of carbonyl (C=O) groups excluding carboxylic acids is 5. The Morgan fingerprint density at radius 2 is 0.836 bits per heavy atom. The van der Waals surface area contributed by atoms with Gasteiger partial charge in [0.15, 0.2) is 0 Å². The van der Waals surface area contributed by atoms with Crippen LogP contribution in [0.4, 0.5) is 13.2 Å². The molecule has 0 radical (unpaired) electrons. The van der Waals surface area contributed by atoms with Gasteiger partial charge in [-0.25, -0.2) is 13.2 Å². The van der Waals surface area contributed by atoms with E-state index in [0.717, 1.165) is 22.3 Å². The summed E-state index contributed by atoms with van der Waals surface area (Å²) in [6.07, 6.45) is 21.0. The quantitative estimate of drug-likeness (QED) is 0.0711. The zero-order valence-corrected chi connectivity index (χ0v) is 42.0. The van der Waals surface area contributed by atoms with Crippen molar-refractivity contribution in [2.45, 2.75) is 32.1 Å². The smallest absolute Gasteiger partial charge is 0.259 e. The van der Waals surface area contributed by atoms with E-state index < -0.39 is 35.2 Å². The summed E-state index contributed by atoms with van der Waals surface area (Å²) in [5.41, 5.74) is 5.69. The highest BCUT2D eigenvalue weighted by Gasteiger charge is 2.09. The Hall–Kier alpha value is -8.78. The van der Waals surface area contributed by atoms with Gasteiger partial charge in [0.05, 0.1) is 63.5 Å². The second-order valence-corrected chi connectivity index (χ2v) is 14.5. The molecule has 0 atom stereocenters. The molecule has 73 heavy (non-hydrogen) atoms. The van der Waals surface area contributed by atoms with E-state index in [2.05, 4.69) is 116 Å². The predicted molar refractivity (Wildman–Crippen MR) is 293 cm³/mol. The lowest BCUT2D eigenvalue weighted by atomic mass is 10.1. The van der Waals surface area contributed by atoms with Gasteiger partial charge in [0, 0.05) is 22.3 Å². The van der Waals surface area contributed by atoms with Crippen LogP contribution in [0, 0.1) is 61.0 Å². The van der Waals surface area contributed by atoms with Crippen molar-refractivity contribution < 1.29 is 37.1 Å². The van der Waals surface area contributed by atoms with Crippen LogP contribution in [0.2, 0.25) is 0 Å². The molecule has 0 N–H and O–H groups in total. The maximum atomic E-state index is 13.2. The van der Waals surface area contributed by atoms with Crippen molar-refractivity contribution >= 4 is 122 Å². The summed E-state index contributed by atoms with van der Waals surface area (Å²) < 4.78 is 39.1. The van der Waals surface area contributed by atoms with Crippen LogP contribution in [-0.2, 0) is 56.1 Å². The van der Waals surface area contributed by atoms with E-state index in [9.17, 15) is 37.1 Å². The lowest BCUT2D eigenvalue weighted by Crippen LogP contribution is -2.01. The molecule has 360 valence electrons. The Labute approximate surface area is 446 Å². The number of hydrogen-bond donors (Lipinski definition) is 0. The molecule has 0 saturated heterocycles. The Bertz CT molecular complexity index is 3300. The maximum Gasteiger partial charge on any atom is 0.259 e. The lowest BCUT2D eigenvalue weighted by Gasteiger charge is -2.00. The minimum absolute atomic E-state index is 0.00852. The van der Waals surface area contributed by atoms with Crippen molar-refractivity contribution in [2.24, 2.45) is 25.0 Å². The number of terminal acetylenes is 4. The topological polar surface area (TPSA) is 147 Å². The highest BCUT2D eigenvalue weighted by molar-refractivity contribution is 7.79. The van der Waals surface area contributed by atoms with Gasteiger partial charge in [-0.05, 0) is 150 Å². The summed E-state index contributed by atoms with van der Waals surface area (Å²) in [5.74, 6) is 6.00. The molecule has 5 aromatic carbocycles. The van der Waals surface area contributed by atoms with Crippen LogP contribution in [0.3, 0.4) is 0 Å². The second kappa shape index (κ2) is 36.2. The average molecular weight is 1060 g/mol. The van der Waals surface area contributed by atoms with E-state index in [1.165, 1.54) is 30.3 Å². The fourth-order valence-electron chi connectivity index (χ4n) is 5.24. The molecule has 0 aliphatic heterocycles. The third kappa shape index (κ3) is 26.7. The molecule has 18 heteroatoms. The van der Waals surface area contributed by atoms with Crippen LogP contribution >= 0.6 is 61.1 Å². The minimum Gasteiger partial charge on any atom is -0.271 e. The van der Waals surface area contributed by atoms with Crippen LogP contribution in [0.25, 0.3) is 5.83 Å². The first-order chi connectivity index (χ1) is 35.0. The van der Waals surface area contributed by atoms with E-state index in [1.54, 1.807) is 72.8 Å². The number of nitrogens with zero attached hydrogens (tertiary/aromatic N) is 5. The van der Waals surface area contributed by atoms with Gasteiger partial charge in [-0.15, -0.1) is 25.7 Å². The number of halogens is 3. The SMILES string of the molecule is C#Cc1ccc(CC(=O)N=C=S)cc1.C#Cc1ccc(CC(=O)N=C=S)cc1F.C#Cc1ccc(F)c(CC(=O)N=C=S)c1.C#Cc1cccc(CC(=O)N=C=S)c1.C=C(F)c1cccc(CC(=O)N=C=S)c1. The van der Waals surface area contributed by atoms with E-state index in [1.807, 2.05) is 31.9 Å². The molecule has 0 heterocycles. The number of benzene rings is 5. The first-order valence-electron chi connectivity index (χ1n) is 20.1. The number of thiocarbonyl (C=S) groups is 5. The zero-order chi connectivity index (χ0) is 54.6. The molecule has 10 nitrogen and oxygen atoms in total. The van der Waals surface area contributed by atoms with Crippen molar-refractivity contribution in [3.63, 3.8) is 0 Å². The van der Waals surface area contributed by atoms with E-state index in [0.29, 0.717) is 22.3 Å². The molecule has 0 aliphatic carbocycles. The molecule has 0 fully saturated rings. The molecule has 5 aromatic rings. The third-order valence-corrected chi connectivity index (χ3v) is 8.93. The van der Waals surface area contributed by atoms with Crippen LogP contribution < -0.4 is 0 Å². The Kier molecular flexibility index (Phi) is 30.9. The van der Waals surface area contributed by atoms with Gasteiger partial charge in [0.25, 0.3) is 29.5 Å². The number of isothiocyanates is 5. The molecule has 5 amide bonds. The van der Waals surface area contributed by atoms with E-state index in [-0.39, 0.29) is 55.0 Å². The number of rotatable bonds is 11. The summed E-state index contributed by atoms with van der Waals surface area (Å²) in [6.45, 7) is 3.18. The molecular formula is C55H34F3N5O5S5. The van der Waals surface area contributed by atoms with Crippen molar-refractivity contribution in [1.29, 1.82) is 0 Å². The summed E-state index contributed by atoms with van der Waals surface area (Å²) >= 11 is 21.5. The Balaban J connectivity index is 0.000000456. The standard InChI is InChI=1S/C11H8FNOS.2C11H6FNOS.2C11H7NOS/c1-8(12)10-4-2-3-9(5-10)6-11(14)13-7-15;1-2-9-4-3-8(5-10(9)12)6-11(14)13-7-15;1-2-8-3-4-10(12)9(5-8)6-11(14)13-7-15;1-2-9-3-5-10(6-4-9)7-11(13)12-8-14;1-2-9-4-3-5-10(6-9)7-11(13)12-8-14/h2-5H,1,6H2;2*1,3-5H,6H2;2*1,3-6H,7H2. The molecular weight excluding hydrogens is 1030 g/mol. The molecule has 0 unspecified atom stereocenters. The highest BCUT2D eigenvalue weighted by atomic mass is 32.1. The van der Waals surface area contributed by atoms with Gasteiger partial charge in [0.1, 0.15) is 17.5 Å². The fraction of sp³-hybridized carbons (Fsp3) is 0.0909. The number of aliphatic imine (C=N–C) groups is 5. The van der Waals surface area contributed by atoms with Crippen LogP contribution in [0.5, 0.6) is 0 Å². The molecule has 0 spiro atoms. The minimum atomic E-state index is -0.543. The second-order valence-electron chi connectivity index (χ2n) is 13.6. The van der Waals surface area contributed by atoms with E-state index >= 15 is 0 Å². The summed E-state index contributed by atoms with van der Waals surface area (Å²) in [6, 6.07) is 29.2. The molecule has 0 aromatic heterocycles. The number of hydrogen-bond acceptors (Lipinski definition) is 10. The first-order valence-corrected chi connectivity index (χ1v) is 22.1. The van der Waals surface area contributed by atoms with Crippen LogP contribution in [0.15, 0.2) is 141 Å². The van der Waals surface area contributed by atoms with Gasteiger partial charge in [-0.3, -0.25) is 24.0 Å². The summed E-state index contributed by atoms with van der Waals surface area (Å²) in [5, 5.41) is 9.95. The maximum absolute atomic E-state index is 13.2. The van der Waals surface area contributed by atoms with Crippen molar-refractivity contribution in [2.75, 3.05) is 0 Å². The fourth-order valence-corrected chi connectivity index (χ4v) is 5.75. The monoisotopic (exact) mass is 1060 g/mol. The molecule has 0 aliphatic rings. The van der Waals surface area contributed by atoms with Gasteiger partial charge < -0.3 is 0 Å². The van der Waals surface area contributed by atoms with Gasteiger partial charge >= 0.3 is 0 Å². The summed E-state index contributed by atoms with van der Waals surface area (Å²) in [7, 11) is 0. The average Bonchev–Trinajstić information content (AvgIpc) is 3.36. The zero-order valence-electron chi connectivity index (χ0n) is 37.9. The summed E-state index contributed by atoms with van der Waals surface area (Å²) in [4.78, 5) is 71.7. The predicted octanol–water partition coefficient (Wildman–Crippen LogP) is 10.4. The number of carbonyl (C=O) groups is 5. The molecule has 0 saturated carbocycles. The van der Waals surface area contributed by atoms with Crippen molar-refractivity contribution in [3.05, 3.63) is 183 Å². The largest absolute Gasteiger partial charge is 0.271 e. The van der Waals surface area contributed by atoms with Crippen LogP contribution in [0.1, 0.15) is 55.6 Å². The van der Waals surface area contributed by atoms with Crippen LogP contribution in [-0.4, -0.2) is 55.3 Å². The highest BCUT2D eigenvalue weighted by Crippen LogP contribution is 2.16.